The summed E-state index contributed by atoms with van der Waals surface area (Å²) in [7, 11) is 0. The Balaban J connectivity index is 0.000000395. The lowest BCUT2D eigenvalue weighted by Gasteiger charge is -2.21. The molecule has 15 nitrogen and oxygen atoms in total. The molecule has 0 aromatic heterocycles. The van der Waals surface area contributed by atoms with Crippen LogP contribution in [0.4, 0.5) is 37.7 Å². The summed E-state index contributed by atoms with van der Waals surface area (Å²) in [5, 5.41) is 37.3. The average Bonchev–Trinajstić information content (AvgIpc) is 3.58. The predicted octanol–water partition coefficient (Wildman–Crippen LogP) is 2.37. The number of carbonyl (C=O) groups excluding carboxylic acids is 3. The number of rotatable bonds is 8. The maximum Gasteiger partial charge on any atom is 0.490 e. The molecule has 3 aromatic carbocycles. The average molecular weight is 762 g/mol. The summed E-state index contributed by atoms with van der Waals surface area (Å²) in [5.41, 5.74) is 15.1. The van der Waals surface area contributed by atoms with E-state index in [9.17, 15) is 45.5 Å². The normalized spacial score (nSPS) is 11.9. The van der Waals surface area contributed by atoms with E-state index in [1.807, 2.05) is 18.2 Å². The minimum absolute atomic E-state index is 0.325. The van der Waals surface area contributed by atoms with E-state index in [2.05, 4.69) is 10.6 Å². The van der Waals surface area contributed by atoms with Crippen molar-refractivity contribution in [3.05, 3.63) is 95.1 Å². The lowest BCUT2D eigenvalue weighted by atomic mass is 10.1. The van der Waals surface area contributed by atoms with Gasteiger partial charge in [-0.15, -0.1) is 0 Å². The Morgan fingerprint density at radius 3 is 1.87 bits per heavy atom. The summed E-state index contributed by atoms with van der Waals surface area (Å²) >= 11 is 0. The molecule has 10 N–H and O–H groups in total. The van der Waals surface area contributed by atoms with Gasteiger partial charge in [-0.25, -0.2) is 9.59 Å². The molecule has 1 aliphatic heterocycles. The fourth-order valence-electron chi connectivity index (χ4n) is 3.80. The highest BCUT2D eigenvalue weighted by Crippen LogP contribution is 2.23. The van der Waals surface area contributed by atoms with E-state index in [1.54, 1.807) is 54.6 Å². The molecule has 1 aliphatic rings. The topological polar surface area (TPSA) is 263 Å². The number of carboxylic acid groups (broad SMARTS) is 3. The Bertz CT molecular complexity index is 1720. The number of anilines is 2. The number of hydrogen-bond acceptors (Lipinski definition) is 10. The van der Waals surface area contributed by atoms with E-state index < -0.39 is 61.3 Å². The standard InChI is InChI=1S/C16H16N2O3.C12H15N3O3.2C2HF3O2/c17-10-12-5-4-6-13(9-12)16(21)18(11-15(19)20)14-7-2-1-3-8-14;13-9(6-16)12(18)15-11(17)8-2-1-7-3-4-14-10(7)5-8;2*3-2(4,5)1(6)7/h1-9H,10-11,17H2,(H,19,20);1-2,5,9,14,16H,3-4,6,13H2,(H,15,17,18);2*(H,6,7)/t;9-;;/m.0../s1. The first kappa shape index (κ1) is 45.0. The molecule has 21 heteroatoms. The van der Waals surface area contributed by atoms with E-state index in [0.717, 1.165) is 29.8 Å². The number of nitrogens with two attached hydrogens (primary N) is 2. The Morgan fingerprint density at radius 2 is 1.38 bits per heavy atom. The van der Waals surface area contributed by atoms with Gasteiger partial charge in [0.25, 0.3) is 11.8 Å². The molecule has 288 valence electrons. The van der Waals surface area contributed by atoms with Crippen molar-refractivity contribution in [2.45, 2.75) is 31.4 Å². The number of carbonyl (C=O) groups is 6. The zero-order valence-corrected chi connectivity index (χ0v) is 27.1. The molecule has 0 spiro atoms. The molecule has 1 atom stereocenters. The molecule has 3 amide bonds. The fraction of sp³-hybridized carbons (Fsp3) is 0.250. The quantitative estimate of drug-likeness (QED) is 0.154. The van der Waals surface area contributed by atoms with Gasteiger partial charge in [0.1, 0.15) is 12.6 Å². The zero-order valence-electron chi connectivity index (χ0n) is 27.1. The molecular formula is C32H33F6N5O10. The lowest BCUT2D eigenvalue weighted by molar-refractivity contribution is -0.193. The molecule has 0 saturated heterocycles. The van der Waals surface area contributed by atoms with Crippen molar-refractivity contribution < 1.29 is 75.5 Å². The molecular weight excluding hydrogens is 728 g/mol. The number of alkyl halides is 6. The van der Waals surface area contributed by atoms with Gasteiger partial charge in [0.05, 0.1) is 6.61 Å². The highest BCUT2D eigenvalue weighted by Gasteiger charge is 2.39. The van der Waals surface area contributed by atoms with Gasteiger partial charge in [0, 0.05) is 35.6 Å². The van der Waals surface area contributed by atoms with Crippen molar-refractivity contribution in [1.29, 1.82) is 0 Å². The van der Waals surface area contributed by atoms with E-state index in [4.69, 9.17) is 41.5 Å². The summed E-state index contributed by atoms with van der Waals surface area (Å²) in [6.07, 6.45) is -9.23. The number of aliphatic carboxylic acids is 3. The first-order valence-electron chi connectivity index (χ1n) is 14.7. The molecule has 0 aliphatic carbocycles. The van der Waals surface area contributed by atoms with Gasteiger partial charge in [0.2, 0.25) is 5.91 Å². The van der Waals surface area contributed by atoms with Crippen molar-refractivity contribution in [2.75, 3.05) is 29.9 Å². The first-order valence-corrected chi connectivity index (χ1v) is 14.7. The molecule has 0 radical (unpaired) electrons. The van der Waals surface area contributed by atoms with Gasteiger partial charge >= 0.3 is 30.3 Å². The van der Waals surface area contributed by atoms with Crippen LogP contribution in [0.1, 0.15) is 31.8 Å². The van der Waals surface area contributed by atoms with E-state index in [-0.39, 0.29) is 5.91 Å². The number of imide groups is 1. The zero-order chi connectivity index (χ0) is 40.5. The number of carboxylic acids is 3. The molecule has 4 rings (SSSR count). The number of aliphatic hydroxyl groups is 1. The van der Waals surface area contributed by atoms with Crippen molar-refractivity contribution >= 4 is 47.0 Å². The molecule has 0 fully saturated rings. The molecule has 0 bridgehead atoms. The van der Waals surface area contributed by atoms with E-state index >= 15 is 0 Å². The highest BCUT2D eigenvalue weighted by molar-refractivity contribution is 6.08. The van der Waals surface area contributed by atoms with Crippen LogP contribution in [0.15, 0.2) is 72.8 Å². The summed E-state index contributed by atoms with van der Waals surface area (Å²) < 4.78 is 63.5. The second-order valence-corrected chi connectivity index (χ2v) is 10.3. The minimum Gasteiger partial charge on any atom is -0.480 e. The number of para-hydroxylation sites is 1. The number of benzene rings is 3. The number of hydrogen-bond donors (Lipinski definition) is 8. The second-order valence-electron chi connectivity index (χ2n) is 10.3. The van der Waals surface area contributed by atoms with Crippen molar-refractivity contribution in [1.82, 2.24) is 5.32 Å². The largest absolute Gasteiger partial charge is 0.490 e. The van der Waals surface area contributed by atoms with Crippen LogP contribution < -0.4 is 27.0 Å². The van der Waals surface area contributed by atoms with Gasteiger partial charge in [-0.1, -0.05) is 36.4 Å². The third kappa shape index (κ3) is 15.8. The van der Waals surface area contributed by atoms with Crippen LogP contribution in [0.3, 0.4) is 0 Å². The van der Waals surface area contributed by atoms with Crippen LogP contribution in [0.2, 0.25) is 0 Å². The first-order chi connectivity index (χ1) is 24.6. The fourth-order valence-corrected chi connectivity index (χ4v) is 3.80. The highest BCUT2D eigenvalue weighted by atomic mass is 19.4. The van der Waals surface area contributed by atoms with Gasteiger partial charge in [0.15, 0.2) is 0 Å². The van der Waals surface area contributed by atoms with Gasteiger partial charge in [-0.05, 0) is 53.9 Å². The number of nitrogens with zero attached hydrogens (tertiary/aromatic N) is 1. The number of amides is 3. The van der Waals surface area contributed by atoms with Crippen LogP contribution in [0, 0.1) is 0 Å². The van der Waals surface area contributed by atoms with Crippen LogP contribution in [0.5, 0.6) is 0 Å². The number of aliphatic hydroxyl groups excluding tert-OH is 1. The molecule has 0 saturated carbocycles. The molecule has 1 heterocycles. The Kier molecular flexibility index (Phi) is 17.6. The van der Waals surface area contributed by atoms with Gasteiger partial charge < -0.3 is 37.2 Å². The third-order valence-corrected chi connectivity index (χ3v) is 6.35. The maximum absolute atomic E-state index is 12.6. The molecule has 0 unspecified atom stereocenters. The maximum atomic E-state index is 12.6. The Labute approximate surface area is 295 Å². The van der Waals surface area contributed by atoms with Crippen molar-refractivity contribution in [3.8, 4) is 0 Å². The van der Waals surface area contributed by atoms with E-state index in [0.29, 0.717) is 23.4 Å². The summed E-state index contributed by atoms with van der Waals surface area (Å²) in [4.78, 5) is 65.8. The van der Waals surface area contributed by atoms with E-state index in [1.165, 1.54) is 4.90 Å². The second kappa shape index (κ2) is 20.7. The van der Waals surface area contributed by atoms with Crippen LogP contribution in [-0.2, 0) is 32.1 Å². The van der Waals surface area contributed by atoms with Crippen molar-refractivity contribution in [2.24, 2.45) is 11.5 Å². The molecule has 53 heavy (non-hydrogen) atoms. The van der Waals surface area contributed by atoms with Gasteiger partial charge in [-0.2, -0.15) is 26.3 Å². The number of fused-ring (bicyclic) bond motifs is 1. The van der Waals surface area contributed by atoms with Crippen LogP contribution in [0.25, 0.3) is 0 Å². The van der Waals surface area contributed by atoms with Crippen LogP contribution >= 0.6 is 0 Å². The SMILES string of the molecule is NCc1cccc(C(=O)N(CC(=O)O)c2ccccc2)c1.N[C@@H](CO)C(=O)NC(=O)c1ccc2c(c1)NCC2.O=C(O)C(F)(F)F.O=C(O)C(F)(F)F. The Morgan fingerprint density at radius 1 is 0.811 bits per heavy atom. The summed E-state index contributed by atoms with van der Waals surface area (Å²) in [6.45, 7) is 0.292. The minimum atomic E-state index is -5.08. The van der Waals surface area contributed by atoms with Gasteiger partial charge in [-0.3, -0.25) is 29.4 Å². The molecule has 3 aromatic rings. The summed E-state index contributed by atoms with van der Waals surface area (Å²) in [6, 6.07) is 19.8. The smallest absolute Gasteiger partial charge is 0.480 e. The van der Waals surface area contributed by atoms with Crippen molar-refractivity contribution in [3.63, 3.8) is 0 Å². The lowest BCUT2D eigenvalue weighted by Crippen LogP contribution is -2.45. The Hall–Kier alpha value is -6.06. The predicted molar refractivity (Wildman–Crippen MR) is 174 cm³/mol. The van der Waals surface area contributed by atoms with Crippen LogP contribution in [-0.4, -0.2) is 94.1 Å². The number of halogens is 6. The third-order valence-electron chi connectivity index (χ3n) is 6.35. The number of nitrogens with one attached hydrogen (secondary N) is 2. The summed E-state index contributed by atoms with van der Waals surface area (Å²) in [5.74, 6) is -8.14. The monoisotopic (exact) mass is 761 g/mol.